The summed E-state index contributed by atoms with van der Waals surface area (Å²) >= 11 is 1.61. The second-order valence-electron chi connectivity index (χ2n) is 4.53. The molecule has 0 aliphatic rings. The number of carbonyl (C=O) groups is 1. The third-order valence-corrected chi connectivity index (χ3v) is 3.88. The Morgan fingerprint density at radius 2 is 2.16 bits per heavy atom. The Labute approximate surface area is 116 Å². The van der Waals surface area contributed by atoms with Crippen molar-refractivity contribution in [1.29, 1.82) is 0 Å². The first-order chi connectivity index (χ1) is 8.97. The minimum Gasteiger partial charge on any atom is -0.478 e. The maximum Gasteiger partial charge on any atom is 0.337 e. The third kappa shape index (κ3) is 3.12. The number of aromatic carboxylic acids is 1. The number of hydrogen-bond donors (Lipinski definition) is 2. The van der Waals surface area contributed by atoms with Gasteiger partial charge in [-0.25, -0.2) is 9.78 Å². The number of benzene rings is 1. The van der Waals surface area contributed by atoms with Crippen molar-refractivity contribution < 1.29 is 9.90 Å². The second-order valence-corrected chi connectivity index (χ2v) is 5.80. The quantitative estimate of drug-likeness (QED) is 0.895. The predicted molar refractivity (Wildman–Crippen MR) is 77.0 cm³/mol. The lowest BCUT2D eigenvalue weighted by Gasteiger charge is -2.15. The molecule has 0 aliphatic heterocycles. The molecular weight excluding hydrogens is 260 g/mol. The summed E-state index contributed by atoms with van der Waals surface area (Å²) in [6, 6.07) is 5.26. The summed E-state index contributed by atoms with van der Waals surface area (Å²) in [5.41, 5.74) is 1.94. The number of rotatable bonds is 4. The van der Waals surface area contributed by atoms with Gasteiger partial charge in [-0.05, 0) is 38.5 Å². The van der Waals surface area contributed by atoms with Gasteiger partial charge in [-0.3, -0.25) is 0 Å². The molecule has 1 atom stereocenters. The summed E-state index contributed by atoms with van der Waals surface area (Å²) in [4.78, 5) is 16.7. The number of nitrogens with zero attached hydrogens (tertiary/aromatic N) is 1. The Morgan fingerprint density at radius 1 is 1.42 bits per heavy atom. The molecule has 4 nitrogen and oxygen atoms in total. The third-order valence-electron chi connectivity index (χ3n) is 2.79. The summed E-state index contributed by atoms with van der Waals surface area (Å²) in [6.07, 6.45) is 1.83. The van der Waals surface area contributed by atoms with E-state index in [0.717, 1.165) is 15.4 Å². The highest BCUT2D eigenvalue weighted by Gasteiger charge is 2.14. The van der Waals surface area contributed by atoms with Crippen molar-refractivity contribution in [2.75, 3.05) is 5.32 Å². The predicted octanol–water partition coefficient (Wildman–Crippen LogP) is 3.63. The molecule has 2 aromatic rings. The number of carboxylic acid groups (broad SMARTS) is 1. The van der Waals surface area contributed by atoms with E-state index in [2.05, 4.69) is 10.3 Å². The standard InChI is InChI=1S/C14H16N2O2S/c1-8-4-5-11(14(17)18)12(6-8)16-10(3)13-15-7-9(2)19-13/h4-7,10,16H,1-3H3,(H,17,18). The molecule has 0 fully saturated rings. The molecule has 1 unspecified atom stereocenters. The average molecular weight is 276 g/mol. The molecule has 1 aromatic heterocycles. The first-order valence-electron chi connectivity index (χ1n) is 6.00. The van der Waals surface area contributed by atoms with Crippen LogP contribution in [0.2, 0.25) is 0 Å². The molecule has 0 bridgehead atoms. The minimum atomic E-state index is -0.926. The molecular formula is C14H16N2O2S. The zero-order valence-corrected chi connectivity index (χ0v) is 11.9. The Morgan fingerprint density at radius 3 is 2.74 bits per heavy atom. The number of hydrogen-bond acceptors (Lipinski definition) is 4. The van der Waals surface area contributed by atoms with Gasteiger partial charge in [0.15, 0.2) is 0 Å². The summed E-state index contributed by atoms with van der Waals surface area (Å²) < 4.78 is 0. The van der Waals surface area contributed by atoms with Gasteiger partial charge in [0, 0.05) is 16.8 Å². The zero-order valence-electron chi connectivity index (χ0n) is 11.1. The maximum absolute atomic E-state index is 11.2. The van der Waals surface area contributed by atoms with E-state index in [1.165, 1.54) is 0 Å². The van der Waals surface area contributed by atoms with Crippen LogP contribution in [0.25, 0.3) is 0 Å². The van der Waals surface area contributed by atoms with Crippen molar-refractivity contribution >= 4 is 23.0 Å². The SMILES string of the molecule is Cc1ccc(C(=O)O)c(NC(C)c2ncc(C)s2)c1. The van der Waals surface area contributed by atoms with Crippen LogP contribution in [0.1, 0.15) is 38.8 Å². The van der Waals surface area contributed by atoms with Crippen molar-refractivity contribution in [2.24, 2.45) is 0 Å². The van der Waals surface area contributed by atoms with Gasteiger partial charge in [-0.2, -0.15) is 0 Å². The molecule has 0 aliphatic carbocycles. The largest absolute Gasteiger partial charge is 0.478 e. The summed E-state index contributed by atoms with van der Waals surface area (Å²) in [5.74, 6) is -0.926. The van der Waals surface area contributed by atoms with Crippen molar-refractivity contribution in [2.45, 2.75) is 26.8 Å². The molecule has 5 heteroatoms. The highest BCUT2D eigenvalue weighted by atomic mass is 32.1. The summed E-state index contributed by atoms with van der Waals surface area (Å²) in [5, 5.41) is 13.4. The topological polar surface area (TPSA) is 62.2 Å². The van der Waals surface area contributed by atoms with Crippen LogP contribution in [-0.4, -0.2) is 16.1 Å². The van der Waals surface area contributed by atoms with E-state index < -0.39 is 5.97 Å². The second kappa shape index (κ2) is 5.40. The molecule has 0 amide bonds. The molecule has 2 N–H and O–H groups in total. The molecule has 0 saturated heterocycles. The van der Waals surface area contributed by atoms with Crippen LogP contribution in [-0.2, 0) is 0 Å². The van der Waals surface area contributed by atoms with Crippen LogP contribution in [0.5, 0.6) is 0 Å². The van der Waals surface area contributed by atoms with Gasteiger partial charge in [-0.1, -0.05) is 6.07 Å². The van der Waals surface area contributed by atoms with Crippen molar-refractivity contribution in [3.05, 3.63) is 45.4 Å². The highest BCUT2D eigenvalue weighted by Crippen LogP contribution is 2.26. The summed E-state index contributed by atoms with van der Waals surface area (Å²) in [7, 11) is 0. The normalized spacial score (nSPS) is 12.2. The number of thiazole rings is 1. The average Bonchev–Trinajstić information content (AvgIpc) is 2.75. The van der Waals surface area contributed by atoms with E-state index in [0.29, 0.717) is 5.69 Å². The Hall–Kier alpha value is -1.88. The van der Waals surface area contributed by atoms with Crippen LogP contribution in [0.15, 0.2) is 24.4 Å². The zero-order chi connectivity index (χ0) is 14.0. The molecule has 1 heterocycles. The van der Waals surface area contributed by atoms with E-state index in [-0.39, 0.29) is 11.6 Å². The van der Waals surface area contributed by atoms with Crippen molar-refractivity contribution in [3.8, 4) is 0 Å². The van der Waals surface area contributed by atoms with Gasteiger partial charge in [0.2, 0.25) is 0 Å². The van der Waals surface area contributed by atoms with Crippen LogP contribution in [0.4, 0.5) is 5.69 Å². The van der Waals surface area contributed by atoms with Crippen LogP contribution >= 0.6 is 11.3 Å². The molecule has 19 heavy (non-hydrogen) atoms. The molecule has 100 valence electrons. The number of aryl methyl sites for hydroxylation is 2. The fraction of sp³-hybridized carbons (Fsp3) is 0.286. The summed E-state index contributed by atoms with van der Waals surface area (Å²) in [6.45, 7) is 5.92. The van der Waals surface area contributed by atoms with Gasteiger partial charge in [0.1, 0.15) is 5.01 Å². The van der Waals surface area contributed by atoms with Gasteiger partial charge in [-0.15, -0.1) is 11.3 Å². The first-order valence-corrected chi connectivity index (χ1v) is 6.82. The van der Waals surface area contributed by atoms with E-state index >= 15 is 0 Å². The van der Waals surface area contributed by atoms with E-state index in [1.807, 2.05) is 33.0 Å². The van der Waals surface area contributed by atoms with E-state index in [9.17, 15) is 9.90 Å². The fourth-order valence-corrected chi connectivity index (χ4v) is 2.61. The Balaban J connectivity index is 2.27. The molecule has 0 radical (unpaired) electrons. The van der Waals surface area contributed by atoms with Crippen molar-refractivity contribution in [1.82, 2.24) is 4.98 Å². The number of nitrogens with one attached hydrogen (secondary N) is 1. The molecule has 0 spiro atoms. The van der Waals surface area contributed by atoms with E-state index in [4.69, 9.17) is 0 Å². The lowest BCUT2D eigenvalue weighted by molar-refractivity contribution is 0.0698. The first kappa shape index (κ1) is 13.5. The van der Waals surface area contributed by atoms with E-state index in [1.54, 1.807) is 23.5 Å². The number of anilines is 1. The lowest BCUT2D eigenvalue weighted by Crippen LogP contribution is -2.10. The Kier molecular flexibility index (Phi) is 3.85. The van der Waals surface area contributed by atoms with Gasteiger partial charge >= 0.3 is 5.97 Å². The van der Waals surface area contributed by atoms with Crippen molar-refractivity contribution in [3.63, 3.8) is 0 Å². The van der Waals surface area contributed by atoms with Crippen LogP contribution in [0.3, 0.4) is 0 Å². The van der Waals surface area contributed by atoms with Gasteiger partial charge in [0.25, 0.3) is 0 Å². The number of carboxylic acids is 1. The lowest BCUT2D eigenvalue weighted by atomic mass is 10.1. The minimum absolute atomic E-state index is 0.0152. The van der Waals surface area contributed by atoms with Gasteiger partial charge in [0.05, 0.1) is 11.6 Å². The maximum atomic E-state index is 11.2. The molecule has 0 saturated carbocycles. The smallest absolute Gasteiger partial charge is 0.337 e. The van der Waals surface area contributed by atoms with Gasteiger partial charge < -0.3 is 10.4 Å². The number of aromatic nitrogens is 1. The molecule has 1 aromatic carbocycles. The molecule has 2 rings (SSSR count). The highest BCUT2D eigenvalue weighted by molar-refractivity contribution is 7.11. The van der Waals surface area contributed by atoms with Crippen LogP contribution < -0.4 is 5.32 Å². The monoisotopic (exact) mass is 276 g/mol. The Bertz CT molecular complexity index is 607. The fourth-order valence-electron chi connectivity index (χ4n) is 1.83. The van der Waals surface area contributed by atoms with Crippen LogP contribution in [0, 0.1) is 13.8 Å².